The molecule has 0 radical (unpaired) electrons. The van der Waals surface area contributed by atoms with E-state index in [1.54, 1.807) is 24.1 Å². The Morgan fingerprint density at radius 3 is 2.87 bits per heavy atom. The molecule has 38 heavy (non-hydrogen) atoms. The van der Waals surface area contributed by atoms with Crippen LogP contribution in [0.25, 0.3) is 0 Å². The van der Waals surface area contributed by atoms with Crippen LogP contribution in [0.3, 0.4) is 0 Å². The molecule has 2 amide bonds. The summed E-state index contributed by atoms with van der Waals surface area (Å²) in [5, 5.41) is 2.81. The van der Waals surface area contributed by atoms with Crippen molar-refractivity contribution in [3.05, 3.63) is 17.8 Å². The predicted octanol–water partition coefficient (Wildman–Crippen LogP) is 0.650. The smallest absolute Gasteiger partial charge is 0.402 e. The number of ether oxygens (including phenoxy) is 2. The number of hydrogen-bond donors (Lipinski definition) is 3. The number of ketones is 1. The van der Waals surface area contributed by atoms with Gasteiger partial charge in [-0.3, -0.25) is 19.8 Å². The van der Waals surface area contributed by atoms with Crippen molar-refractivity contribution in [1.29, 1.82) is 0 Å². The standard InChI is InChI=1S/C24H33F3N6O5/c1-14(30-18-11-29-31-23(36)21(18)24(25,26)27)13-37-7-4-20(35)32-5-6-33-17(12-32)3-8-38-19-9-16(15(2)34)10-28-22(19)33/h9-10,14,17-18,21,29-30H,3-8,11-13H2,1-2H3,(H,31,36)/t14-,17-,18?,21?/m0/s1. The predicted molar refractivity (Wildman–Crippen MR) is 130 cm³/mol. The normalized spacial score (nSPS) is 24.4. The molecule has 0 aromatic carbocycles. The molecule has 14 heteroatoms. The maximum Gasteiger partial charge on any atom is 0.402 e. The van der Waals surface area contributed by atoms with Crippen LogP contribution in [0.15, 0.2) is 12.3 Å². The first kappa shape index (κ1) is 28.0. The van der Waals surface area contributed by atoms with E-state index in [1.165, 1.54) is 6.92 Å². The number of hydrogen-bond acceptors (Lipinski definition) is 9. The summed E-state index contributed by atoms with van der Waals surface area (Å²) in [4.78, 5) is 44.6. The minimum atomic E-state index is -4.67. The maximum absolute atomic E-state index is 13.3. The Morgan fingerprint density at radius 2 is 2.13 bits per heavy atom. The van der Waals surface area contributed by atoms with Gasteiger partial charge in [-0.15, -0.1) is 0 Å². The molecule has 210 valence electrons. The van der Waals surface area contributed by atoms with Crippen LogP contribution in [0.4, 0.5) is 19.0 Å². The lowest BCUT2D eigenvalue weighted by molar-refractivity contribution is -0.193. The second kappa shape index (κ2) is 11.8. The van der Waals surface area contributed by atoms with Gasteiger partial charge in [0.2, 0.25) is 11.8 Å². The van der Waals surface area contributed by atoms with E-state index in [1.807, 2.05) is 5.43 Å². The van der Waals surface area contributed by atoms with Crippen LogP contribution < -0.4 is 25.8 Å². The largest absolute Gasteiger partial charge is 0.490 e. The van der Waals surface area contributed by atoms with Gasteiger partial charge in [0.05, 0.1) is 32.3 Å². The molecule has 1 aromatic rings. The summed E-state index contributed by atoms with van der Waals surface area (Å²) in [6.07, 6.45) is -2.28. The first-order chi connectivity index (χ1) is 18.0. The third-order valence-corrected chi connectivity index (χ3v) is 6.95. The molecule has 0 saturated carbocycles. The third kappa shape index (κ3) is 6.53. The van der Waals surface area contributed by atoms with Crippen molar-refractivity contribution in [3.8, 4) is 5.75 Å². The van der Waals surface area contributed by atoms with Crippen LogP contribution in [0.5, 0.6) is 5.75 Å². The number of hydrazine groups is 1. The van der Waals surface area contributed by atoms with Gasteiger partial charge in [0, 0.05) is 56.4 Å². The highest BCUT2D eigenvalue weighted by molar-refractivity contribution is 5.94. The van der Waals surface area contributed by atoms with Gasteiger partial charge in [0.25, 0.3) is 0 Å². The molecule has 0 aliphatic carbocycles. The number of alkyl halides is 3. The maximum atomic E-state index is 13.3. The van der Waals surface area contributed by atoms with Gasteiger partial charge in [0.1, 0.15) is 0 Å². The second-order valence-electron chi connectivity index (χ2n) is 9.81. The topological polar surface area (TPSA) is 125 Å². The number of carbonyl (C=O) groups is 3. The van der Waals surface area contributed by atoms with Gasteiger partial charge in [-0.05, 0) is 19.9 Å². The molecule has 4 atom stereocenters. The second-order valence-corrected chi connectivity index (χ2v) is 9.81. The van der Waals surface area contributed by atoms with Gasteiger partial charge in [0.15, 0.2) is 23.3 Å². The first-order valence-electron chi connectivity index (χ1n) is 12.7. The number of fused-ring (bicyclic) bond motifs is 3. The van der Waals surface area contributed by atoms with Gasteiger partial charge in [-0.2, -0.15) is 13.2 Å². The molecule has 11 nitrogen and oxygen atoms in total. The van der Waals surface area contributed by atoms with E-state index in [2.05, 4.69) is 20.6 Å². The zero-order chi connectivity index (χ0) is 27.4. The third-order valence-electron chi connectivity index (χ3n) is 6.95. The molecular weight excluding hydrogens is 509 g/mol. The van der Waals surface area contributed by atoms with Gasteiger partial charge in [-0.1, -0.05) is 0 Å². The van der Waals surface area contributed by atoms with Crippen LogP contribution in [0.2, 0.25) is 0 Å². The van der Waals surface area contributed by atoms with Crippen LogP contribution in [-0.2, 0) is 14.3 Å². The Labute approximate surface area is 218 Å². The van der Waals surface area contributed by atoms with E-state index in [9.17, 15) is 27.6 Å². The number of anilines is 1. The summed E-state index contributed by atoms with van der Waals surface area (Å²) >= 11 is 0. The van der Waals surface area contributed by atoms with Crippen LogP contribution in [0.1, 0.15) is 37.0 Å². The summed E-state index contributed by atoms with van der Waals surface area (Å²) in [6, 6.07) is 0.147. The van der Waals surface area contributed by atoms with E-state index < -0.39 is 30.1 Å². The SMILES string of the molecule is CC(=O)c1cnc2c(c1)OCC[C@H]1CN(C(=O)CCOC[C@H](C)NC3CNNC(=O)C3C(F)(F)F)CCN21. The fourth-order valence-corrected chi connectivity index (χ4v) is 5.01. The Hall–Kier alpha value is -2.97. The van der Waals surface area contributed by atoms with Crippen LogP contribution in [-0.4, -0.2) is 97.8 Å². The highest BCUT2D eigenvalue weighted by Gasteiger charge is 2.51. The molecule has 2 saturated heterocycles. The number of nitrogens with zero attached hydrogens (tertiary/aromatic N) is 3. The summed E-state index contributed by atoms with van der Waals surface area (Å²) in [5.74, 6) is -2.19. The van der Waals surface area contributed by atoms with E-state index in [4.69, 9.17) is 9.47 Å². The monoisotopic (exact) mass is 542 g/mol. The highest BCUT2D eigenvalue weighted by Crippen LogP contribution is 2.34. The Kier molecular flexibility index (Phi) is 8.73. The van der Waals surface area contributed by atoms with Gasteiger partial charge < -0.3 is 24.6 Å². The number of aromatic nitrogens is 1. The molecule has 0 bridgehead atoms. The van der Waals surface area contributed by atoms with Crippen molar-refractivity contribution in [3.63, 3.8) is 0 Å². The number of nitrogens with one attached hydrogen (secondary N) is 3. The lowest BCUT2D eigenvalue weighted by Gasteiger charge is -2.41. The fourth-order valence-electron chi connectivity index (χ4n) is 5.01. The van der Waals surface area contributed by atoms with Crippen molar-refractivity contribution >= 4 is 23.4 Å². The lowest BCUT2D eigenvalue weighted by atomic mass is 9.96. The molecule has 3 N–H and O–H groups in total. The average Bonchev–Trinajstić information content (AvgIpc) is 3.04. The summed E-state index contributed by atoms with van der Waals surface area (Å²) < 4.78 is 51.3. The first-order valence-corrected chi connectivity index (χ1v) is 12.7. The van der Waals surface area contributed by atoms with Crippen molar-refractivity contribution in [2.75, 3.05) is 50.9 Å². The zero-order valence-electron chi connectivity index (χ0n) is 21.3. The summed E-state index contributed by atoms with van der Waals surface area (Å²) in [5.41, 5.74) is 4.97. The number of carbonyl (C=O) groups excluding carboxylic acids is 3. The van der Waals surface area contributed by atoms with E-state index in [-0.39, 0.29) is 43.9 Å². The molecule has 2 fully saturated rings. The van der Waals surface area contributed by atoms with Crippen molar-refractivity contribution in [2.24, 2.45) is 5.92 Å². The fraction of sp³-hybridized carbons (Fsp3) is 0.667. The Morgan fingerprint density at radius 1 is 1.34 bits per heavy atom. The number of amides is 2. The molecule has 2 unspecified atom stereocenters. The highest BCUT2D eigenvalue weighted by atomic mass is 19.4. The van der Waals surface area contributed by atoms with E-state index in [0.29, 0.717) is 49.8 Å². The van der Waals surface area contributed by atoms with Crippen molar-refractivity contribution < 1.29 is 37.0 Å². The lowest BCUT2D eigenvalue weighted by Crippen LogP contribution is -2.64. The van der Waals surface area contributed by atoms with E-state index in [0.717, 1.165) is 0 Å². The molecule has 4 rings (SSSR count). The number of piperazine rings is 1. The van der Waals surface area contributed by atoms with E-state index >= 15 is 0 Å². The number of pyridine rings is 1. The number of halogens is 3. The molecular formula is C24H33F3N6O5. The number of rotatable bonds is 8. The Bertz CT molecular complexity index is 1040. The Balaban J connectivity index is 1.22. The molecule has 3 aliphatic heterocycles. The summed E-state index contributed by atoms with van der Waals surface area (Å²) in [6.45, 7) is 5.31. The number of Topliss-reactive ketones (excluding diaryl/α,β-unsaturated/α-hetero) is 1. The van der Waals surface area contributed by atoms with Crippen LogP contribution in [0, 0.1) is 5.92 Å². The quantitative estimate of drug-likeness (QED) is 0.321. The molecule has 1 aromatic heterocycles. The van der Waals surface area contributed by atoms with Crippen molar-refractivity contribution in [1.82, 2.24) is 26.1 Å². The van der Waals surface area contributed by atoms with Crippen molar-refractivity contribution in [2.45, 2.75) is 51.0 Å². The zero-order valence-corrected chi connectivity index (χ0v) is 21.3. The molecule has 4 heterocycles. The summed E-state index contributed by atoms with van der Waals surface area (Å²) in [7, 11) is 0. The molecule has 3 aliphatic rings. The minimum Gasteiger partial charge on any atom is -0.490 e. The van der Waals surface area contributed by atoms with Gasteiger partial charge >= 0.3 is 6.18 Å². The molecule has 0 spiro atoms. The van der Waals surface area contributed by atoms with Crippen LogP contribution >= 0.6 is 0 Å². The average molecular weight is 543 g/mol. The minimum absolute atomic E-state index is 0.0256. The van der Waals surface area contributed by atoms with Gasteiger partial charge in [-0.25, -0.2) is 10.4 Å².